The number of aromatic amines is 1. The van der Waals surface area contributed by atoms with Crippen LogP contribution in [0.15, 0.2) is 67.0 Å². The zero-order valence-electron chi connectivity index (χ0n) is 17.1. The first-order chi connectivity index (χ1) is 14.6. The predicted octanol–water partition coefficient (Wildman–Crippen LogP) is 5.36. The summed E-state index contributed by atoms with van der Waals surface area (Å²) in [4.78, 5) is 23.2. The van der Waals surface area contributed by atoms with Gasteiger partial charge in [0.05, 0.1) is 0 Å². The van der Waals surface area contributed by atoms with Gasteiger partial charge in [-0.25, -0.2) is 4.79 Å². The largest absolute Gasteiger partial charge is 0.356 e. The third kappa shape index (κ3) is 3.12. The van der Waals surface area contributed by atoms with Gasteiger partial charge in [0, 0.05) is 41.2 Å². The standard InChI is InChI=1S/C25H24N4O/c1-16-9-10-19(14-17(16)2)27-25(30)29-13-11-21-20-7-3-4-8-22(20)28-23(21)24(29)18-6-5-12-26-15-18/h3-10,12,14-15,24,28H,11,13H2,1-2H3,(H,27,30)/t24-/m0/s1. The summed E-state index contributed by atoms with van der Waals surface area (Å²) in [5.74, 6) is 0. The summed E-state index contributed by atoms with van der Waals surface area (Å²) in [7, 11) is 0. The van der Waals surface area contributed by atoms with Crippen molar-refractivity contribution in [3.8, 4) is 0 Å². The smallest absolute Gasteiger partial charge is 0.322 e. The van der Waals surface area contributed by atoms with Gasteiger partial charge in [0.1, 0.15) is 6.04 Å². The number of para-hydroxylation sites is 1. The number of H-pyrrole nitrogens is 1. The lowest BCUT2D eigenvalue weighted by molar-refractivity contribution is 0.193. The molecule has 0 bridgehead atoms. The Morgan fingerprint density at radius 2 is 1.97 bits per heavy atom. The minimum absolute atomic E-state index is 0.101. The number of anilines is 1. The van der Waals surface area contributed by atoms with Gasteiger partial charge in [0.2, 0.25) is 0 Å². The monoisotopic (exact) mass is 396 g/mol. The molecule has 1 aliphatic rings. The van der Waals surface area contributed by atoms with Crippen LogP contribution in [0.2, 0.25) is 0 Å². The highest BCUT2D eigenvalue weighted by Crippen LogP contribution is 2.38. The second-order valence-electron chi connectivity index (χ2n) is 7.92. The van der Waals surface area contributed by atoms with Gasteiger partial charge in [-0.15, -0.1) is 0 Å². The van der Waals surface area contributed by atoms with Gasteiger partial charge in [-0.1, -0.05) is 30.3 Å². The lowest BCUT2D eigenvalue weighted by atomic mass is 9.93. The van der Waals surface area contributed by atoms with Crippen molar-refractivity contribution in [3.63, 3.8) is 0 Å². The second kappa shape index (κ2) is 7.34. The van der Waals surface area contributed by atoms with E-state index >= 15 is 0 Å². The molecular weight excluding hydrogens is 372 g/mol. The van der Waals surface area contributed by atoms with E-state index in [1.807, 2.05) is 47.5 Å². The highest BCUT2D eigenvalue weighted by Gasteiger charge is 2.34. The molecule has 4 aromatic rings. The van der Waals surface area contributed by atoms with Gasteiger partial charge in [0.15, 0.2) is 0 Å². The number of pyridine rings is 1. The first kappa shape index (κ1) is 18.4. The van der Waals surface area contributed by atoms with Gasteiger partial charge in [0.25, 0.3) is 0 Å². The van der Waals surface area contributed by atoms with Gasteiger partial charge in [-0.2, -0.15) is 0 Å². The third-order valence-corrected chi connectivity index (χ3v) is 6.05. The summed E-state index contributed by atoms with van der Waals surface area (Å²) in [6.07, 6.45) is 4.43. The molecule has 2 N–H and O–H groups in total. The van der Waals surface area contributed by atoms with E-state index in [2.05, 4.69) is 47.3 Å². The molecule has 0 fully saturated rings. The molecule has 2 amide bonds. The fraction of sp³-hybridized carbons (Fsp3) is 0.200. The topological polar surface area (TPSA) is 61.0 Å². The molecule has 0 radical (unpaired) electrons. The van der Waals surface area contributed by atoms with Crippen molar-refractivity contribution in [2.75, 3.05) is 11.9 Å². The minimum atomic E-state index is -0.207. The fourth-order valence-electron chi connectivity index (χ4n) is 4.36. The Hall–Kier alpha value is -3.60. The van der Waals surface area contributed by atoms with Crippen LogP contribution in [-0.4, -0.2) is 27.4 Å². The summed E-state index contributed by atoms with van der Waals surface area (Å²) in [6.45, 7) is 4.77. The molecule has 0 spiro atoms. The predicted molar refractivity (Wildman–Crippen MR) is 120 cm³/mol. The van der Waals surface area contributed by atoms with Crippen molar-refractivity contribution in [2.45, 2.75) is 26.3 Å². The average Bonchev–Trinajstić information content (AvgIpc) is 3.15. The summed E-state index contributed by atoms with van der Waals surface area (Å²) < 4.78 is 0. The normalized spacial score (nSPS) is 15.8. The van der Waals surface area contributed by atoms with Crippen molar-refractivity contribution < 1.29 is 4.79 Å². The Bertz CT molecular complexity index is 1230. The fourth-order valence-corrected chi connectivity index (χ4v) is 4.36. The maximum absolute atomic E-state index is 13.4. The van der Waals surface area contributed by atoms with E-state index in [9.17, 15) is 4.79 Å². The van der Waals surface area contributed by atoms with Crippen LogP contribution in [0.25, 0.3) is 10.9 Å². The van der Waals surface area contributed by atoms with Gasteiger partial charge in [-0.3, -0.25) is 4.98 Å². The number of aromatic nitrogens is 2. The second-order valence-corrected chi connectivity index (χ2v) is 7.92. The molecular formula is C25H24N4O. The van der Waals surface area contributed by atoms with E-state index in [4.69, 9.17) is 0 Å². The van der Waals surface area contributed by atoms with Crippen molar-refractivity contribution in [2.24, 2.45) is 0 Å². The van der Waals surface area contributed by atoms with E-state index in [-0.39, 0.29) is 12.1 Å². The van der Waals surface area contributed by atoms with Crippen LogP contribution >= 0.6 is 0 Å². The zero-order chi connectivity index (χ0) is 20.7. The van der Waals surface area contributed by atoms with E-state index in [0.29, 0.717) is 6.54 Å². The molecule has 5 rings (SSSR count). The summed E-state index contributed by atoms with van der Waals surface area (Å²) in [5.41, 5.74) is 7.65. The number of carbonyl (C=O) groups excluding carboxylic acids is 1. The number of benzene rings is 2. The number of nitrogens with one attached hydrogen (secondary N) is 2. The van der Waals surface area contributed by atoms with E-state index in [0.717, 1.165) is 34.4 Å². The number of amides is 2. The summed E-state index contributed by atoms with van der Waals surface area (Å²) >= 11 is 0. The molecule has 0 unspecified atom stereocenters. The molecule has 1 atom stereocenters. The van der Waals surface area contributed by atoms with E-state index in [1.54, 1.807) is 6.20 Å². The lowest BCUT2D eigenvalue weighted by Gasteiger charge is -2.36. The summed E-state index contributed by atoms with van der Waals surface area (Å²) in [5, 5.41) is 4.33. The van der Waals surface area contributed by atoms with Gasteiger partial charge in [-0.05, 0) is 66.8 Å². The van der Waals surface area contributed by atoms with Gasteiger partial charge >= 0.3 is 6.03 Å². The van der Waals surface area contributed by atoms with Crippen molar-refractivity contribution in [1.82, 2.24) is 14.9 Å². The zero-order valence-corrected chi connectivity index (χ0v) is 17.1. The van der Waals surface area contributed by atoms with Crippen LogP contribution in [0.1, 0.15) is 34.0 Å². The molecule has 1 aliphatic heterocycles. The molecule has 2 aromatic carbocycles. The maximum atomic E-state index is 13.4. The Morgan fingerprint density at radius 3 is 2.77 bits per heavy atom. The van der Waals surface area contributed by atoms with Crippen LogP contribution in [0.3, 0.4) is 0 Å². The lowest BCUT2D eigenvalue weighted by Crippen LogP contribution is -2.43. The molecule has 0 saturated carbocycles. The Balaban J connectivity index is 1.55. The number of rotatable bonds is 2. The van der Waals surface area contributed by atoms with Crippen LogP contribution in [-0.2, 0) is 6.42 Å². The molecule has 5 heteroatoms. The number of carbonyl (C=O) groups is 1. The Kier molecular flexibility index (Phi) is 4.51. The van der Waals surface area contributed by atoms with Crippen LogP contribution in [0.4, 0.5) is 10.5 Å². The van der Waals surface area contributed by atoms with Crippen LogP contribution in [0.5, 0.6) is 0 Å². The Labute approximate surface area is 175 Å². The summed E-state index contributed by atoms with van der Waals surface area (Å²) in [6, 6.07) is 18.0. The van der Waals surface area contributed by atoms with Gasteiger partial charge < -0.3 is 15.2 Å². The van der Waals surface area contributed by atoms with Crippen LogP contribution < -0.4 is 5.32 Å². The number of aryl methyl sites for hydroxylation is 2. The molecule has 5 nitrogen and oxygen atoms in total. The maximum Gasteiger partial charge on any atom is 0.322 e. The molecule has 3 heterocycles. The third-order valence-electron chi connectivity index (χ3n) is 6.05. The molecule has 0 aliphatic carbocycles. The minimum Gasteiger partial charge on any atom is -0.356 e. The molecule has 150 valence electrons. The average molecular weight is 396 g/mol. The quantitative estimate of drug-likeness (QED) is 0.479. The van der Waals surface area contributed by atoms with Crippen molar-refractivity contribution in [3.05, 3.63) is 94.9 Å². The van der Waals surface area contributed by atoms with Crippen molar-refractivity contribution in [1.29, 1.82) is 0 Å². The molecule has 30 heavy (non-hydrogen) atoms. The Morgan fingerprint density at radius 1 is 1.10 bits per heavy atom. The molecule has 0 saturated heterocycles. The van der Waals surface area contributed by atoms with Crippen LogP contribution in [0, 0.1) is 13.8 Å². The number of urea groups is 1. The number of nitrogens with zero attached hydrogens (tertiary/aromatic N) is 2. The SMILES string of the molecule is Cc1ccc(NC(=O)N2CCc3c([nH]c4ccccc34)[C@@H]2c2cccnc2)cc1C. The number of fused-ring (bicyclic) bond motifs is 3. The van der Waals surface area contributed by atoms with E-state index in [1.165, 1.54) is 16.5 Å². The molecule has 2 aromatic heterocycles. The number of hydrogen-bond acceptors (Lipinski definition) is 2. The number of hydrogen-bond donors (Lipinski definition) is 2. The van der Waals surface area contributed by atoms with E-state index < -0.39 is 0 Å². The highest BCUT2D eigenvalue weighted by atomic mass is 16.2. The highest BCUT2D eigenvalue weighted by molar-refractivity contribution is 5.91. The van der Waals surface area contributed by atoms with Crippen molar-refractivity contribution >= 4 is 22.6 Å². The first-order valence-corrected chi connectivity index (χ1v) is 10.3. The first-order valence-electron chi connectivity index (χ1n) is 10.3.